The fraction of sp³-hybridized carbons (Fsp3) is 0.316. The molecule has 0 saturated heterocycles. The Morgan fingerprint density at radius 3 is 2.68 bits per heavy atom. The minimum absolute atomic E-state index is 0.109. The van der Waals surface area contributed by atoms with Gasteiger partial charge >= 0.3 is 0 Å². The Hall–Kier alpha value is -1.91. The van der Waals surface area contributed by atoms with Gasteiger partial charge in [0.15, 0.2) is 0 Å². The number of ether oxygens (including phenoxy) is 1. The van der Waals surface area contributed by atoms with Crippen LogP contribution in [0.15, 0.2) is 42.5 Å². The molecule has 134 valence electrons. The van der Waals surface area contributed by atoms with E-state index in [0.29, 0.717) is 28.3 Å². The summed E-state index contributed by atoms with van der Waals surface area (Å²) >= 11 is 12.0. The maximum absolute atomic E-state index is 12.1. The van der Waals surface area contributed by atoms with Crippen molar-refractivity contribution in [1.82, 2.24) is 0 Å². The average molecular weight is 381 g/mol. The Kier molecular flexibility index (Phi) is 7.41. The molecule has 2 N–H and O–H groups in total. The Morgan fingerprint density at radius 1 is 1.16 bits per heavy atom. The van der Waals surface area contributed by atoms with E-state index in [-0.39, 0.29) is 12.5 Å². The molecule has 0 heterocycles. The summed E-state index contributed by atoms with van der Waals surface area (Å²) < 4.78 is 5.72. The molecular formula is C19H22Cl2N2O2. The van der Waals surface area contributed by atoms with Crippen LogP contribution in [0, 0.1) is 5.92 Å². The highest BCUT2D eigenvalue weighted by Gasteiger charge is 2.08. The molecule has 2 aromatic carbocycles. The van der Waals surface area contributed by atoms with Gasteiger partial charge in [-0.1, -0.05) is 49.2 Å². The highest BCUT2D eigenvalue weighted by atomic mass is 35.5. The summed E-state index contributed by atoms with van der Waals surface area (Å²) in [5, 5.41) is 6.54. The van der Waals surface area contributed by atoms with Gasteiger partial charge in [-0.25, -0.2) is 0 Å². The minimum atomic E-state index is -0.213. The molecule has 1 amide bonds. The first kappa shape index (κ1) is 19.4. The molecule has 0 saturated carbocycles. The quantitative estimate of drug-likeness (QED) is 0.638. The van der Waals surface area contributed by atoms with E-state index in [9.17, 15) is 4.79 Å². The molecule has 0 aliphatic carbocycles. The van der Waals surface area contributed by atoms with Crippen molar-refractivity contribution >= 4 is 40.5 Å². The molecule has 0 atom stereocenters. The van der Waals surface area contributed by atoms with Crippen molar-refractivity contribution in [3.63, 3.8) is 0 Å². The van der Waals surface area contributed by atoms with Crippen LogP contribution < -0.4 is 15.4 Å². The highest BCUT2D eigenvalue weighted by Crippen LogP contribution is 2.29. The second-order valence-electron chi connectivity index (χ2n) is 6.06. The number of carbonyl (C=O) groups excluding carboxylic acids is 1. The second-order valence-corrected chi connectivity index (χ2v) is 6.85. The standard InChI is InChI=1S/C19H22Cl2N2O2/c1-13(2)9-10-25-15-6-3-5-14(11-15)22-12-18(24)23-17-8-4-7-16(20)19(17)21/h3-8,11,13,22H,9-10,12H2,1-2H3,(H,23,24). The molecule has 0 bridgehead atoms. The van der Waals surface area contributed by atoms with E-state index in [1.54, 1.807) is 18.2 Å². The van der Waals surface area contributed by atoms with Crippen LogP contribution in [0.3, 0.4) is 0 Å². The molecule has 0 aliphatic heterocycles. The van der Waals surface area contributed by atoms with Gasteiger partial charge in [0.05, 0.1) is 28.9 Å². The van der Waals surface area contributed by atoms with E-state index in [0.717, 1.165) is 17.9 Å². The van der Waals surface area contributed by atoms with E-state index in [4.69, 9.17) is 27.9 Å². The van der Waals surface area contributed by atoms with Gasteiger partial charge < -0.3 is 15.4 Å². The average Bonchev–Trinajstić information content (AvgIpc) is 2.57. The fourth-order valence-corrected chi connectivity index (χ4v) is 2.43. The van der Waals surface area contributed by atoms with Crippen LogP contribution >= 0.6 is 23.2 Å². The van der Waals surface area contributed by atoms with Crippen molar-refractivity contribution in [3.8, 4) is 5.75 Å². The summed E-state index contributed by atoms with van der Waals surface area (Å²) in [6, 6.07) is 12.7. The van der Waals surface area contributed by atoms with Gasteiger partial charge in [0, 0.05) is 11.8 Å². The number of benzene rings is 2. The van der Waals surface area contributed by atoms with Crippen LogP contribution in [0.1, 0.15) is 20.3 Å². The van der Waals surface area contributed by atoms with Crippen LogP contribution in [0.5, 0.6) is 5.75 Å². The topological polar surface area (TPSA) is 50.4 Å². The molecular weight excluding hydrogens is 359 g/mol. The van der Waals surface area contributed by atoms with Crippen molar-refractivity contribution < 1.29 is 9.53 Å². The number of hydrogen-bond donors (Lipinski definition) is 2. The third-order valence-corrected chi connectivity index (χ3v) is 4.30. The van der Waals surface area contributed by atoms with E-state index >= 15 is 0 Å². The summed E-state index contributed by atoms with van der Waals surface area (Å²) in [5.41, 5.74) is 1.31. The highest BCUT2D eigenvalue weighted by molar-refractivity contribution is 6.44. The molecule has 0 unspecified atom stereocenters. The van der Waals surface area contributed by atoms with Gasteiger partial charge in [-0.3, -0.25) is 4.79 Å². The van der Waals surface area contributed by atoms with Crippen molar-refractivity contribution in [1.29, 1.82) is 0 Å². The molecule has 0 aliphatic rings. The maximum Gasteiger partial charge on any atom is 0.243 e. The molecule has 25 heavy (non-hydrogen) atoms. The lowest BCUT2D eigenvalue weighted by molar-refractivity contribution is -0.114. The summed E-state index contributed by atoms with van der Waals surface area (Å²) in [4.78, 5) is 12.1. The van der Waals surface area contributed by atoms with Crippen LogP contribution in [0.25, 0.3) is 0 Å². The predicted octanol–water partition coefficient (Wildman–Crippen LogP) is 5.47. The number of halogens is 2. The molecule has 0 spiro atoms. The molecule has 0 aromatic heterocycles. The van der Waals surface area contributed by atoms with Gasteiger partial charge in [-0.2, -0.15) is 0 Å². The molecule has 6 heteroatoms. The zero-order valence-electron chi connectivity index (χ0n) is 14.3. The van der Waals surface area contributed by atoms with E-state index in [1.165, 1.54) is 0 Å². The Morgan fingerprint density at radius 2 is 1.92 bits per heavy atom. The largest absolute Gasteiger partial charge is 0.494 e. The van der Waals surface area contributed by atoms with Crippen LogP contribution in [0.4, 0.5) is 11.4 Å². The lowest BCUT2D eigenvalue weighted by Crippen LogP contribution is -2.21. The van der Waals surface area contributed by atoms with Crippen LogP contribution in [-0.2, 0) is 4.79 Å². The summed E-state index contributed by atoms with van der Waals surface area (Å²) in [7, 11) is 0. The van der Waals surface area contributed by atoms with Crippen LogP contribution in [0.2, 0.25) is 10.0 Å². The zero-order valence-corrected chi connectivity index (χ0v) is 15.8. The lowest BCUT2D eigenvalue weighted by Gasteiger charge is -2.12. The SMILES string of the molecule is CC(C)CCOc1cccc(NCC(=O)Nc2cccc(Cl)c2Cl)c1. The van der Waals surface area contributed by atoms with E-state index < -0.39 is 0 Å². The molecule has 4 nitrogen and oxygen atoms in total. The number of rotatable bonds is 8. The fourth-order valence-electron chi connectivity index (χ4n) is 2.09. The first-order valence-electron chi connectivity index (χ1n) is 8.16. The van der Waals surface area contributed by atoms with Crippen molar-refractivity contribution in [2.45, 2.75) is 20.3 Å². The van der Waals surface area contributed by atoms with Crippen molar-refractivity contribution in [2.75, 3.05) is 23.8 Å². The third-order valence-electron chi connectivity index (χ3n) is 3.48. The first-order valence-corrected chi connectivity index (χ1v) is 8.92. The monoisotopic (exact) mass is 380 g/mol. The number of nitrogens with one attached hydrogen (secondary N) is 2. The second kappa shape index (κ2) is 9.54. The van der Waals surface area contributed by atoms with Gasteiger partial charge in [-0.15, -0.1) is 0 Å². The summed E-state index contributed by atoms with van der Waals surface area (Å²) in [5.74, 6) is 1.17. The Labute approximate surface area is 158 Å². The molecule has 2 aromatic rings. The van der Waals surface area contributed by atoms with Gasteiger partial charge in [0.25, 0.3) is 0 Å². The number of carbonyl (C=O) groups is 1. The third kappa shape index (κ3) is 6.48. The lowest BCUT2D eigenvalue weighted by atomic mass is 10.1. The van der Waals surface area contributed by atoms with Gasteiger partial charge in [0.1, 0.15) is 5.75 Å². The Balaban J connectivity index is 1.86. The van der Waals surface area contributed by atoms with Gasteiger partial charge in [0.2, 0.25) is 5.91 Å². The minimum Gasteiger partial charge on any atom is -0.494 e. The summed E-state index contributed by atoms with van der Waals surface area (Å²) in [6.07, 6.45) is 1.00. The maximum atomic E-state index is 12.1. The number of anilines is 2. The van der Waals surface area contributed by atoms with Crippen molar-refractivity contribution in [2.24, 2.45) is 5.92 Å². The zero-order chi connectivity index (χ0) is 18.2. The number of hydrogen-bond acceptors (Lipinski definition) is 3. The molecule has 2 rings (SSSR count). The van der Waals surface area contributed by atoms with Crippen LogP contribution in [-0.4, -0.2) is 19.1 Å². The summed E-state index contributed by atoms with van der Waals surface area (Å²) in [6.45, 7) is 5.10. The van der Waals surface area contributed by atoms with E-state index in [1.807, 2.05) is 24.3 Å². The van der Waals surface area contributed by atoms with Gasteiger partial charge in [-0.05, 0) is 36.6 Å². The molecule has 0 fully saturated rings. The van der Waals surface area contributed by atoms with E-state index in [2.05, 4.69) is 24.5 Å². The smallest absolute Gasteiger partial charge is 0.243 e. The first-order chi connectivity index (χ1) is 12.0. The predicted molar refractivity (Wildman–Crippen MR) is 105 cm³/mol. The number of amides is 1. The normalized spacial score (nSPS) is 10.6. The van der Waals surface area contributed by atoms with Crippen molar-refractivity contribution in [3.05, 3.63) is 52.5 Å². The molecule has 0 radical (unpaired) electrons. The Bertz CT molecular complexity index is 720.